The maximum Gasteiger partial charge on any atom is 0.253 e. The van der Waals surface area contributed by atoms with Gasteiger partial charge in [0.2, 0.25) is 15.9 Å². The summed E-state index contributed by atoms with van der Waals surface area (Å²) in [6, 6.07) is 11.7. The van der Waals surface area contributed by atoms with E-state index >= 15 is 0 Å². The van der Waals surface area contributed by atoms with E-state index < -0.39 is 15.9 Å². The lowest BCUT2D eigenvalue weighted by atomic mass is 10.1. The van der Waals surface area contributed by atoms with E-state index in [1.165, 1.54) is 22.5 Å². The summed E-state index contributed by atoms with van der Waals surface area (Å²) in [5.41, 5.74) is 1.78. The van der Waals surface area contributed by atoms with E-state index in [0.717, 1.165) is 36.9 Å². The van der Waals surface area contributed by atoms with Gasteiger partial charge in [-0.3, -0.25) is 9.59 Å². The summed E-state index contributed by atoms with van der Waals surface area (Å²) in [6.07, 6.45) is 4.11. The highest BCUT2D eigenvalue weighted by Gasteiger charge is 2.28. The lowest BCUT2D eigenvalue weighted by molar-refractivity contribution is -0.119. The van der Waals surface area contributed by atoms with E-state index in [4.69, 9.17) is 11.6 Å². The van der Waals surface area contributed by atoms with Crippen molar-refractivity contribution in [2.75, 3.05) is 24.5 Å². The Labute approximate surface area is 193 Å². The van der Waals surface area contributed by atoms with Crippen LogP contribution in [0.4, 0.5) is 5.69 Å². The van der Waals surface area contributed by atoms with Gasteiger partial charge in [0.05, 0.1) is 15.5 Å². The molecule has 0 aliphatic carbocycles. The molecule has 4 rings (SSSR count). The van der Waals surface area contributed by atoms with Crippen molar-refractivity contribution in [1.82, 2.24) is 9.62 Å². The number of halogens is 1. The monoisotopic (exact) mass is 475 g/mol. The molecule has 2 aliphatic heterocycles. The van der Waals surface area contributed by atoms with Crippen LogP contribution in [0.25, 0.3) is 0 Å². The molecular formula is C23H26ClN3O4S. The molecule has 9 heteroatoms. The summed E-state index contributed by atoms with van der Waals surface area (Å²) in [5.74, 6) is -0.340. The molecular weight excluding hydrogens is 450 g/mol. The van der Waals surface area contributed by atoms with E-state index in [1.54, 1.807) is 4.90 Å². The topological polar surface area (TPSA) is 86.8 Å². The van der Waals surface area contributed by atoms with Gasteiger partial charge >= 0.3 is 0 Å². The van der Waals surface area contributed by atoms with E-state index in [9.17, 15) is 18.0 Å². The van der Waals surface area contributed by atoms with Crippen LogP contribution in [0.5, 0.6) is 0 Å². The van der Waals surface area contributed by atoms with Crippen LogP contribution < -0.4 is 10.2 Å². The summed E-state index contributed by atoms with van der Waals surface area (Å²) in [4.78, 5) is 26.8. The van der Waals surface area contributed by atoms with Crippen LogP contribution in [-0.4, -0.2) is 44.2 Å². The fourth-order valence-corrected chi connectivity index (χ4v) is 5.85. The zero-order valence-electron chi connectivity index (χ0n) is 17.7. The number of piperidine rings is 1. The van der Waals surface area contributed by atoms with Gasteiger partial charge in [-0.1, -0.05) is 23.7 Å². The quantitative estimate of drug-likeness (QED) is 0.691. The average molecular weight is 476 g/mol. The number of hydrogen-bond donors (Lipinski definition) is 1. The largest absolute Gasteiger partial charge is 0.348 e. The molecule has 2 fully saturated rings. The fourth-order valence-electron chi connectivity index (χ4n) is 4.11. The van der Waals surface area contributed by atoms with Gasteiger partial charge in [0.1, 0.15) is 0 Å². The molecule has 32 heavy (non-hydrogen) atoms. The Morgan fingerprint density at radius 1 is 1.00 bits per heavy atom. The number of rotatable bonds is 6. The van der Waals surface area contributed by atoms with Gasteiger partial charge in [-0.15, -0.1) is 0 Å². The van der Waals surface area contributed by atoms with Gasteiger partial charge in [0.25, 0.3) is 5.91 Å². The Bertz CT molecular complexity index is 1130. The maximum absolute atomic E-state index is 12.8. The van der Waals surface area contributed by atoms with Gasteiger partial charge in [-0.25, -0.2) is 8.42 Å². The van der Waals surface area contributed by atoms with Crippen LogP contribution in [0.2, 0.25) is 5.02 Å². The van der Waals surface area contributed by atoms with Crippen molar-refractivity contribution >= 4 is 39.1 Å². The van der Waals surface area contributed by atoms with Gasteiger partial charge < -0.3 is 10.2 Å². The first-order chi connectivity index (χ1) is 15.4. The van der Waals surface area contributed by atoms with Gasteiger partial charge in [0, 0.05) is 38.3 Å². The minimum absolute atomic E-state index is 0.0690. The third-order valence-electron chi connectivity index (χ3n) is 5.88. The molecule has 2 aromatic rings. The highest BCUT2D eigenvalue weighted by atomic mass is 35.5. The number of sulfonamides is 1. The van der Waals surface area contributed by atoms with E-state index in [0.29, 0.717) is 26.1 Å². The number of hydrogen-bond acceptors (Lipinski definition) is 4. The number of nitrogens with one attached hydrogen (secondary N) is 1. The summed E-state index contributed by atoms with van der Waals surface area (Å²) < 4.78 is 27.1. The summed E-state index contributed by atoms with van der Waals surface area (Å²) in [7, 11) is -3.64. The number of nitrogens with zero attached hydrogens (tertiary/aromatic N) is 2. The van der Waals surface area contributed by atoms with E-state index in [-0.39, 0.29) is 27.9 Å². The minimum Gasteiger partial charge on any atom is -0.348 e. The molecule has 0 atom stereocenters. The molecule has 170 valence electrons. The highest BCUT2D eigenvalue weighted by molar-refractivity contribution is 7.89. The zero-order valence-corrected chi connectivity index (χ0v) is 19.3. The van der Waals surface area contributed by atoms with Gasteiger partial charge in [-0.2, -0.15) is 4.31 Å². The molecule has 2 aromatic carbocycles. The number of carbonyl (C=O) groups excluding carboxylic acids is 2. The molecule has 0 radical (unpaired) electrons. The van der Waals surface area contributed by atoms with Crippen molar-refractivity contribution in [2.45, 2.75) is 43.5 Å². The molecule has 2 amide bonds. The van der Waals surface area contributed by atoms with Crippen LogP contribution >= 0.6 is 11.6 Å². The van der Waals surface area contributed by atoms with Crippen molar-refractivity contribution in [3.8, 4) is 0 Å². The molecule has 0 saturated carbocycles. The number of anilines is 1. The Balaban J connectivity index is 1.48. The van der Waals surface area contributed by atoms with Crippen molar-refractivity contribution < 1.29 is 18.0 Å². The molecule has 2 heterocycles. The molecule has 0 unspecified atom stereocenters. The lowest BCUT2D eigenvalue weighted by Crippen LogP contribution is -2.35. The zero-order chi connectivity index (χ0) is 22.7. The highest BCUT2D eigenvalue weighted by Crippen LogP contribution is 2.26. The standard InChI is InChI=1S/C23H26ClN3O4S/c24-21-10-9-19(32(30,31)26-11-3-4-12-26)15-20(21)23(29)25-16-17-6-5-7-18(14-17)27-13-2-1-8-22(27)28/h5-7,9-10,14-15H,1-4,8,11-13,16H2,(H,25,29). The average Bonchev–Trinajstić information content (AvgIpc) is 3.34. The van der Waals surface area contributed by atoms with Crippen LogP contribution in [0, 0.1) is 0 Å². The molecule has 7 nitrogen and oxygen atoms in total. The van der Waals surface area contributed by atoms with Gasteiger partial charge in [-0.05, 0) is 61.6 Å². The fraction of sp³-hybridized carbons (Fsp3) is 0.391. The minimum atomic E-state index is -3.64. The third-order valence-corrected chi connectivity index (χ3v) is 8.11. The number of amides is 2. The molecule has 2 saturated heterocycles. The number of benzene rings is 2. The van der Waals surface area contributed by atoms with Crippen molar-refractivity contribution in [2.24, 2.45) is 0 Å². The Morgan fingerprint density at radius 3 is 2.50 bits per heavy atom. The van der Waals surface area contributed by atoms with Gasteiger partial charge in [0.15, 0.2) is 0 Å². The molecule has 0 bridgehead atoms. The van der Waals surface area contributed by atoms with Crippen LogP contribution in [-0.2, 0) is 21.4 Å². The Kier molecular flexibility index (Phi) is 6.83. The SMILES string of the molecule is O=C(NCc1cccc(N2CCCCC2=O)c1)c1cc(S(=O)(=O)N2CCCC2)ccc1Cl. The predicted octanol–water partition coefficient (Wildman–Crippen LogP) is 3.57. The first-order valence-corrected chi connectivity index (χ1v) is 12.7. The van der Waals surface area contributed by atoms with Crippen LogP contribution in [0.15, 0.2) is 47.4 Å². The van der Waals surface area contributed by atoms with Crippen molar-refractivity contribution in [3.05, 3.63) is 58.6 Å². The van der Waals surface area contributed by atoms with E-state index in [2.05, 4.69) is 5.32 Å². The smallest absolute Gasteiger partial charge is 0.253 e. The Hall–Kier alpha value is -2.42. The second kappa shape index (κ2) is 9.60. The molecule has 0 spiro atoms. The first kappa shape index (κ1) is 22.8. The summed E-state index contributed by atoms with van der Waals surface area (Å²) in [5, 5.41) is 3.00. The predicted molar refractivity (Wildman–Crippen MR) is 123 cm³/mol. The molecule has 0 aromatic heterocycles. The summed E-state index contributed by atoms with van der Waals surface area (Å²) in [6.45, 7) is 1.90. The normalized spacial score (nSPS) is 17.5. The first-order valence-electron chi connectivity index (χ1n) is 10.8. The van der Waals surface area contributed by atoms with Crippen molar-refractivity contribution in [3.63, 3.8) is 0 Å². The second-order valence-corrected chi connectivity index (χ2v) is 10.5. The molecule has 1 N–H and O–H groups in total. The lowest BCUT2D eigenvalue weighted by Gasteiger charge is -2.27. The second-order valence-electron chi connectivity index (χ2n) is 8.11. The third kappa shape index (κ3) is 4.82. The maximum atomic E-state index is 12.8. The summed E-state index contributed by atoms with van der Waals surface area (Å²) >= 11 is 6.21. The van der Waals surface area contributed by atoms with E-state index in [1.807, 2.05) is 24.3 Å². The number of carbonyl (C=O) groups is 2. The van der Waals surface area contributed by atoms with Crippen LogP contribution in [0.1, 0.15) is 48.0 Å². The Morgan fingerprint density at radius 2 is 1.75 bits per heavy atom. The van der Waals surface area contributed by atoms with Crippen molar-refractivity contribution in [1.29, 1.82) is 0 Å². The molecule has 2 aliphatic rings. The van der Waals surface area contributed by atoms with Crippen LogP contribution in [0.3, 0.4) is 0 Å².